The zero-order valence-electron chi connectivity index (χ0n) is 5.93. The molecule has 0 N–H and O–H groups in total. The Morgan fingerprint density at radius 2 is 1.00 bits per heavy atom. The van der Waals surface area contributed by atoms with Crippen LogP contribution in [-0.2, 0) is 67.0 Å². The molecular formula is Cl2Cr2KO7Ti+. The summed E-state index contributed by atoms with van der Waals surface area (Å²) in [4.78, 5) is 0. The van der Waals surface area contributed by atoms with Crippen molar-refractivity contribution >= 4 is 0 Å². The molecule has 0 atom stereocenters. The molecule has 13 heavy (non-hydrogen) atoms. The summed E-state index contributed by atoms with van der Waals surface area (Å²) in [7, 11) is 0. The average Bonchev–Trinajstić information content (AvgIpc) is 1.14. The SMILES string of the molecule is [Cl-].[Cl-].[K+].[O]=[Cr](=[O])([O-])[O][Cr](=[O])(=[O])[O-].[Ti+4]. The summed E-state index contributed by atoms with van der Waals surface area (Å²) >= 11 is -12.1. The van der Waals surface area contributed by atoms with Crippen molar-refractivity contribution in [1.29, 1.82) is 0 Å². The van der Waals surface area contributed by atoms with Gasteiger partial charge in [-0.25, -0.2) is 0 Å². The molecule has 72 valence electrons. The summed E-state index contributed by atoms with van der Waals surface area (Å²) in [5, 5.41) is 0. The normalized spacial score (nSPS) is 9.38. The van der Waals surface area contributed by atoms with Gasteiger partial charge < -0.3 is 24.8 Å². The summed E-state index contributed by atoms with van der Waals surface area (Å²) in [6, 6.07) is 0. The van der Waals surface area contributed by atoms with Gasteiger partial charge >= 0.3 is 127 Å². The number of rotatable bonds is 2. The van der Waals surface area contributed by atoms with E-state index in [1.165, 1.54) is 0 Å². The van der Waals surface area contributed by atoms with E-state index < -0.39 is 27.2 Å². The van der Waals surface area contributed by atoms with Crippen LogP contribution in [0, 0.1) is 0 Å². The Bertz CT molecular complexity index is 250. The third-order valence-electron chi connectivity index (χ3n) is 0.167. The van der Waals surface area contributed by atoms with Crippen molar-refractivity contribution in [2.75, 3.05) is 0 Å². The molecule has 0 heterocycles. The van der Waals surface area contributed by atoms with Gasteiger partial charge in [-0.2, -0.15) is 0 Å². The molecular weight excluding hydrogens is 374 g/mol. The first-order valence-electron chi connectivity index (χ1n) is 1.33. The third-order valence-corrected chi connectivity index (χ3v) is 2.83. The number of hydrogen-bond acceptors (Lipinski definition) is 7. The van der Waals surface area contributed by atoms with Gasteiger partial charge in [0.2, 0.25) is 0 Å². The Morgan fingerprint density at radius 3 is 1.00 bits per heavy atom. The molecule has 0 spiro atoms. The van der Waals surface area contributed by atoms with Crippen LogP contribution in [0.1, 0.15) is 0 Å². The summed E-state index contributed by atoms with van der Waals surface area (Å²) in [5.74, 6) is 0. The standard InChI is InChI=1S/2ClH.2Cr.K.7O.Ti/h2*1H;;;;;;;;;;;/q;;;;+1;;;;;;2*-1;+4/p-2. The zero-order valence-corrected chi connectivity index (χ0v) is 14.7. The van der Waals surface area contributed by atoms with Gasteiger partial charge in [-0.05, 0) is 0 Å². The smallest absolute Gasteiger partial charge is 4.00 e. The number of halogens is 2. The quantitative estimate of drug-likeness (QED) is 0.440. The van der Waals surface area contributed by atoms with Gasteiger partial charge in [-0.1, -0.05) is 0 Å². The fourth-order valence-corrected chi connectivity index (χ4v) is 1.74. The second kappa shape index (κ2) is 11.6. The van der Waals surface area contributed by atoms with Crippen molar-refractivity contribution < 1.29 is 152 Å². The average molecular weight is 374 g/mol. The Morgan fingerprint density at radius 1 is 0.846 bits per heavy atom. The Kier molecular flexibility index (Phi) is 26.5. The largest absolute Gasteiger partial charge is 4.00 e. The van der Waals surface area contributed by atoms with Gasteiger partial charge in [0.1, 0.15) is 0 Å². The van der Waals surface area contributed by atoms with Crippen LogP contribution in [-0.4, -0.2) is 0 Å². The van der Waals surface area contributed by atoms with Crippen molar-refractivity contribution in [2.24, 2.45) is 0 Å². The topological polar surface area (TPSA) is 124 Å². The number of hydrogen-bond donors (Lipinski definition) is 0. The van der Waals surface area contributed by atoms with E-state index >= 15 is 0 Å². The molecule has 0 aromatic rings. The molecule has 13 heteroatoms. The Hall–Kier alpha value is 3.08. The monoisotopic (exact) mass is 373 g/mol. The minimum Gasteiger partial charge on any atom is 4.00 e. The maximum atomic E-state index is 9.38. The first-order valence-corrected chi connectivity index (χ1v) is 5.50. The molecule has 0 aromatic carbocycles. The fraction of sp³-hybridized carbons (Fsp3) is 0. The van der Waals surface area contributed by atoms with Gasteiger partial charge in [-0.15, -0.1) is 0 Å². The van der Waals surface area contributed by atoms with E-state index in [1.807, 2.05) is 0 Å². The first kappa shape index (κ1) is 29.8. The van der Waals surface area contributed by atoms with Gasteiger partial charge in [0.15, 0.2) is 0 Å². The molecule has 0 unspecified atom stereocenters. The Balaban J connectivity index is -0.0000000533. The van der Waals surface area contributed by atoms with Crippen LogP contribution in [0.15, 0.2) is 0 Å². The van der Waals surface area contributed by atoms with E-state index in [0.717, 1.165) is 0 Å². The molecule has 0 aromatic heterocycles. The molecule has 0 radical (unpaired) electrons. The van der Waals surface area contributed by atoms with E-state index in [0.29, 0.717) is 0 Å². The van der Waals surface area contributed by atoms with Crippen molar-refractivity contribution in [3.05, 3.63) is 0 Å². The van der Waals surface area contributed by atoms with Crippen molar-refractivity contribution in [1.82, 2.24) is 0 Å². The van der Waals surface area contributed by atoms with E-state index in [9.17, 15) is 23.5 Å². The summed E-state index contributed by atoms with van der Waals surface area (Å²) in [6.07, 6.45) is 0. The molecule has 0 rings (SSSR count). The molecule has 0 saturated carbocycles. The molecule has 0 amide bonds. The van der Waals surface area contributed by atoms with E-state index in [1.54, 1.807) is 0 Å². The maximum Gasteiger partial charge on any atom is 4.00 e. The zero-order chi connectivity index (χ0) is 7.71. The van der Waals surface area contributed by atoms with Crippen LogP contribution in [0.5, 0.6) is 0 Å². The predicted octanol–water partition coefficient (Wildman–Crippen LogP) is -11.9. The molecule has 0 fully saturated rings. The van der Waals surface area contributed by atoms with Crippen LogP contribution in [0.25, 0.3) is 0 Å². The molecule has 0 bridgehead atoms. The second-order valence-electron chi connectivity index (χ2n) is 0.885. The fourth-order valence-electron chi connectivity index (χ4n) is 0.102. The van der Waals surface area contributed by atoms with E-state index in [4.69, 9.17) is 0 Å². The molecule has 0 aliphatic rings. The molecule has 0 aliphatic heterocycles. The first-order chi connectivity index (χ1) is 3.71. The molecule has 7 nitrogen and oxygen atoms in total. The van der Waals surface area contributed by atoms with Crippen molar-refractivity contribution in [3.63, 3.8) is 0 Å². The van der Waals surface area contributed by atoms with Crippen LogP contribution < -0.4 is 84.5 Å². The summed E-state index contributed by atoms with van der Waals surface area (Å²) < 4.78 is 58.9. The van der Waals surface area contributed by atoms with Gasteiger partial charge in [0.25, 0.3) is 0 Å². The van der Waals surface area contributed by atoms with Crippen LogP contribution in [0.2, 0.25) is 0 Å². The second-order valence-corrected chi connectivity index (χ2v) is 4.52. The molecule has 0 saturated heterocycles. The predicted molar refractivity (Wildman–Crippen MR) is 3.83 cm³/mol. The maximum absolute atomic E-state index is 9.38. The van der Waals surface area contributed by atoms with Gasteiger partial charge in [-0.3, -0.25) is 0 Å². The minimum absolute atomic E-state index is 0. The van der Waals surface area contributed by atoms with Gasteiger partial charge in [0.05, 0.1) is 0 Å². The minimum atomic E-state index is -6.07. The van der Waals surface area contributed by atoms with Crippen LogP contribution in [0.4, 0.5) is 0 Å². The van der Waals surface area contributed by atoms with E-state index in [2.05, 4.69) is 2.84 Å². The van der Waals surface area contributed by atoms with E-state index in [-0.39, 0.29) is 97.9 Å². The molecule has 0 aliphatic carbocycles. The third kappa shape index (κ3) is 31.3. The van der Waals surface area contributed by atoms with Crippen LogP contribution in [0.3, 0.4) is 0 Å². The van der Waals surface area contributed by atoms with Crippen molar-refractivity contribution in [3.8, 4) is 0 Å². The summed E-state index contributed by atoms with van der Waals surface area (Å²) in [5.41, 5.74) is 0. The Labute approximate surface area is 148 Å². The van der Waals surface area contributed by atoms with Crippen molar-refractivity contribution in [2.45, 2.75) is 0 Å². The van der Waals surface area contributed by atoms with Crippen LogP contribution >= 0.6 is 0 Å². The summed E-state index contributed by atoms with van der Waals surface area (Å²) in [6.45, 7) is 0. The van der Waals surface area contributed by atoms with Gasteiger partial charge in [0, 0.05) is 0 Å².